The molecule has 1 N–H and O–H groups in total. The van der Waals surface area contributed by atoms with Gasteiger partial charge in [-0.2, -0.15) is 0 Å². The van der Waals surface area contributed by atoms with E-state index in [0.29, 0.717) is 20.9 Å². The topological polar surface area (TPSA) is 28.7 Å². The monoisotopic (exact) mass is 352 g/mol. The highest BCUT2D eigenvalue weighted by Gasteiger charge is 2.19. The van der Waals surface area contributed by atoms with E-state index in [1.165, 1.54) is 37.8 Å². The molecule has 1 aromatic carbocycles. The van der Waals surface area contributed by atoms with Crippen LogP contribution in [-0.2, 0) is 0 Å². The number of aromatic nitrogens is 2. The maximum atomic E-state index is 13.2. The van der Waals surface area contributed by atoms with E-state index in [2.05, 4.69) is 25.9 Å². The molecule has 0 atom stereocenters. The SMILES string of the molecule is Fc1ccc(-c2nc(=S)cc(C3CCCC3)[nH]2)c(Br)c1. The fourth-order valence-electron chi connectivity index (χ4n) is 2.74. The molecule has 2 aromatic rings. The largest absolute Gasteiger partial charge is 0.343 e. The normalized spacial score (nSPS) is 15.7. The summed E-state index contributed by atoms with van der Waals surface area (Å²) in [6.07, 6.45) is 4.92. The van der Waals surface area contributed by atoms with Crippen molar-refractivity contribution in [2.24, 2.45) is 0 Å². The first-order valence-corrected chi connectivity index (χ1v) is 7.90. The summed E-state index contributed by atoms with van der Waals surface area (Å²) in [6.45, 7) is 0. The summed E-state index contributed by atoms with van der Waals surface area (Å²) in [6, 6.07) is 6.54. The van der Waals surface area contributed by atoms with Crippen molar-refractivity contribution < 1.29 is 4.39 Å². The lowest BCUT2D eigenvalue weighted by Crippen LogP contribution is -2.01. The standard InChI is InChI=1S/C15H14BrFN2S/c16-12-7-10(17)5-6-11(12)15-18-13(8-14(20)19-15)9-3-1-2-4-9/h5-9H,1-4H2,(H,18,19,20). The second kappa shape index (κ2) is 5.74. The summed E-state index contributed by atoms with van der Waals surface area (Å²) >= 11 is 8.65. The van der Waals surface area contributed by atoms with Crippen LogP contribution in [0.5, 0.6) is 0 Å². The molecule has 0 aliphatic heterocycles. The second-order valence-electron chi connectivity index (χ2n) is 5.13. The van der Waals surface area contributed by atoms with E-state index < -0.39 is 0 Å². The zero-order valence-electron chi connectivity index (χ0n) is 10.8. The number of hydrogen-bond donors (Lipinski definition) is 1. The summed E-state index contributed by atoms with van der Waals surface area (Å²) in [5.74, 6) is 0.968. The van der Waals surface area contributed by atoms with Gasteiger partial charge in [0.05, 0.1) is 0 Å². The summed E-state index contributed by atoms with van der Waals surface area (Å²) in [4.78, 5) is 7.75. The predicted octanol–water partition coefficient (Wildman–Crippen LogP) is 5.37. The summed E-state index contributed by atoms with van der Waals surface area (Å²) in [5, 5.41) is 0. The van der Waals surface area contributed by atoms with Crippen LogP contribution in [-0.4, -0.2) is 9.97 Å². The number of nitrogens with zero attached hydrogens (tertiary/aromatic N) is 1. The molecular formula is C15H14BrFN2S. The van der Waals surface area contributed by atoms with Gasteiger partial charge in [-0.05, 0) is 59.0 Å². The minimum absolute atomic E-state index is 0.272. The zero-order valence-corrected chi connectivity index (χ0v) is 13.2. The third kappa shape index (κ3) is 2.83. The molecule has 0 saturated heterocycles. The molecule has 20 heavy (non-hydrogen) atoms. The molecule has 5 heteroatoms. The molecule has 0 unspecified atom stereocenters. The van der Waals surface area contributed by atoms with Gasteiger partial charge < -0.3 is 4.98 Å². The van der Waals surface area contributed by atoms with Crippen molar-refractivity contribution in [1.82, 2.24) is 9.97 Å². The molecule has 3 rings (SSSR count). The van der Waals surface area contributed by atoms with Gasteiger partial charge >= 0.3 is 0 Å². The minimum Gasteiger partial charge on any atom is -0.343 e. The van der Waals surface area contributed by atoms with Crippen LogP contribution in [0.3, 0.4) is 0 Å². The van der Waals surface area contributed by atoms with Gasteiger partial charge in [-0.15, -0.1) is 0 Å². The van der Waals surface area contributed by atoms with E-state index >= 15 is 0 Å². The van der Waals surface area contributed by atoms with Gasteiger partial charge in [0, 0.05) is 15.7 Å². The van der Waals surface area contributed by atoms with E-state index in [1.807, 2.05) is 6.07 Å². The average molecular weight is 353 g/mol. The van der Waals surface area contributed by atoms with Crippen LogP contribution in [0.4, 0.5) is 4.39 Å². The predicted molar refractivity (Wildman–Crippen MR) is 83.7 cm³/mol. The molecule has 0 spiro atoms. The Morgan fingerprint density at radius 3 is 2.70 bits per heavy atom. The third-order valence-corrected chi connectivity index (χ3v) is 4.61. The number of aromatic amines is 1. The van der Waals surface area contributed by atoms with Gasteiger partial charge in [0.1, 0.15) is 16.3 Å². The lowest BCUT2D eigenvalue weighted by atomic mass is 10.0. The van der Waals surface area contributed by atoms with Gasteiger partial charge in [-0.25, -0.2) is 9.37 Å². The van der Waals surface area contributed by atoms with Crippen LogP contribution in [0.25, 0.3) is 11.4 Å². The zero-order chi connectivity index (χ0) is 14.1. The highest BCUT2D eigenvalue weighted by atomic mass is 79.9. The maximum absolute atomic E-state index is 13.2. The Bertz CT molecular complexity index is 693. The fraction of sp³-hybridized carbons (Fsp3) is 0.333. The molecule has 1 fully saturated rings. The highest BCUT2D eigenvalue weighted by Crippen LogP contribution is 2.34. The van der Waals surface area contributed by atoms with Crippen molar-refractivity contribution in [2.45, 2.75) is 31.6 Å². The average Bonchev–Trinajstić information content (AvgIpc) is 2.91. The van der Waals surface area contributed by atoms with Gasteiger partial charge in [0.15, 0.2) is 0 Å². The van der Waals surface area contributed by atoms with Crippen molar-refractivity contribution in [3.05, 3.63) is 44.9 Å². The van der Waals surface area contributed by atoms with Crippen molar-refractivity contribution in [3.8, 4) is 11.4 Å². The van der Waals surface area contributed by atoms with Crippen molar-refractivity contribution >= 4 is 28.1 Å². The number of benzene rings is 1. The highest BCUT2D eigenvalue weighted by molar-refractivity contribution is 9.10. The number of H-pyrrole nitrogens is 1. The number of rotatable bonds is 2. The van der Waals surface area contributed by atoms with Gasteiger partial charge in [0.25, 0.3) is 0 Å². The number of hydrogen-bond acceptors (Lipinski definition) is 2. The fourth-order valence-corrected chi connectivity index (χ4v) is 3.50. The Hall–Kier alpha value is -1.07. The first-order valence-electron chi connectivity index (χ1n) is 6.70. The van der Waals surface area contributed by atoms with Crippen LogP contribution >= 0.6 is 28.1 Å². The summed E-state index contributed by atoms with van der Waals surface area (Å²) in [7, 11) is 0. The van der Waals surface area contributed by atoms with Gasteiger partial charge in [-0.1, -0.05) is 25.1 Å². The summed E-state index contributed by atoms with van der Waals surface area (Å²) in [5.41, 5.74) is 1.98. The second-order valence-corrected chi connectivity index (χ2v) is 6.40. The van der Waals surface area contributed by atoms with Crippen molar-refractivity contribution in [1.29, 1.82) is 0 Å². The Labute approximate surface area is 130 Å². The van der Waals surface area contributed by atoms with Crippen LogP contribution < -0.4 is 0 Å². The molecule has 1 aromatic heterocycles. The molecule has 1 heterocycles. The smallest absolute Gasteiger partial charge is 0.140 e. The van der Waals surface area contributed by atoms with Gasteiger partial charge in [0.2, 0.25) is 0 Å². The third-order valence-electron chi connectivity index (χ3n) is 3.74. The van der Waals surface area contributed by atoms with Crippen molar-refractivity contribution in [2.75, 3.05) is 0 Å². The Kier molecular flexibility index (Phi) is 3.98. The molecule has 104 valence electrons. The first-order chi connectivity index (χ1) is 9.63. The van der Waals surface area contributed by atoms with E-state index in [0.717, 1.165) is 11.3 Å². The number of nitrogens with one attached hydrogen (secondary N) is 1. The molecular weight excluding hydrogens is 339 g/mol. The van der Waals surface area contributed by atoms with E-state index in [1.54, 1.807) is 6.07 Å². The minimum atomic E-state index is -0.272. The van der Waals surface area contributed by atoms with Crippen LogP contribution in [0.2, 0.25) is 0 Å². The van der Waals surface area contributed by atoms with E-state index in [4.69, 9.17) is 12.2 Å². The molecule has 1 aliphatic rings. The van der Waals surface area contributed by atoms with Crippen molar-refractivity contribution in [3.63, 3.8) is 0 Å². The quantitative estimate of drug-likeness (QED) is 0.736. The molecule has 0 radical (unpaired) electrons. The van der Waals surface area contributed by atoms with Crippen LogP contribution in [0, 0.1) is 10.5 Å². The molecule has 1 saturated carbocycles. The molecule has 2 nitrogen and oxygen atoms in total. The Morgan fingerprint density at radius 2 is 2.00 bits per heavy atom. The maximum Gasteiger partial charge on any atom is 0.140 e. The van der Waals surface area contributed by atoms with Gasteiger partial charge in [-0.3, -0.25) is 0 Å². The van der Waals surface area contributed by atoms with Crippen LogP contribution in [0.1, 0.15) is 37.3 Å². The lowest BCUT2D eigenvalue weighted by molar-refractivity contribution is 0.627. The Morgan fingerprint density at radius 1 is 1.25 bits per heavy atom. The molecule has 0 amide bonds. The summed E-state index contributed by atoms with van der Waals surface area (Å²) < 4.78 is 14.4. The first kappa shape index (κ1) is 13.9. The van der Waals surface area contributed by atoms with Crippen LogP contribution in [0.15, 0.2) is 28.7 Å². The number of halogens is 2. The molecule has 1 aliphatic carbocycles. The molecule has 0 bridgehead atoms. The van der Waals surface area contributed by atoms with E-state index in [9.17, 15) is 4.39 Å². The van der Waals surface area contributed by atoms with E-state index in [-0.39, 0.29) is 5.82 Å². The lowest BCUT2D eigenvalue weighted by Gasteiger charge is -2.12. The Balaban J connectivity index is 2.07.